The molecule has 1 aromatic rings. The summed E-state index contributed by atoms with van der Waals surface area (Å²) in [6, 6.07) is 4.21. The van der Waals surface area contributed by atoms with E-state index < -0.39 is 19.9 Å². The Hall–Kier alpha value is -0.670. The maximum absolute atomic E-state index is 13.1. The number of nitrogens with one attached hydrogen (secondary N) is 1. The summed E-state index contributed by atoms with van der Waals surface area (Å²) in [4.78, 5) is 0.114. The number of hydrogen-bond acceptors (Lipinski definition) is 5. The normalized spacial score (nSPS) is 18.6. The largest absolute Gasteiger partial charge is 0.315 e. The molecule has 0 spiro atoms. The first-order chi connectivity index (χ1) is 10.7. The van der Waals surface area contributed by atoms with Gasteiger partial charge in [0.2, 0.25) is 10.0 Å². The molecule has 0 amide bonds. The van der Waals surface area contributed by atoms with Gasteiger partial charge in [-0.1, -0.05) is 13.0 Å². The third-order valence-corrected chi connectivity index (χ3v) is 7.26. The van der Waals surface area contributed by atoms with E-state index in [9.17, 15) is 16.8 Å². The van der Waals surface area contributed by atoms with Gasteiger partial charge < -0.3 is 5.32 Å². The molecule has 1 N–H and O–H groups in total. The van der Waals surface area contributed by atoms with E-state index >= 15 is 0 Å². The van der Waals surface area contributed by atoms with Crippen LogP contribution in [0, 0.1) is 6.92 Å². The SMILES string of the molecule is CCCN(C1CCNC1)S(=O)(=O)c1cc(S(C)(=O)=O)ccc1C.Cl. The molecule has 138 valence electrons. The molecule has 1 unspecified atom stereocenters. The van der Waals surface area contributed by atoms with E-state index in [0.717, 1.165) is 19.2 Å². The number of hydrogen-bond donors (Lipinski definition) is 1. The van der Waals surface area contributed by atoms with E-state index in [-0.39, 0.29) is 28.2 Å². The van der Waals surface area contributed by atoms with Crippen molar-refractivity contribution < 1.29 is 16.8 Å². The number of rotatable bonds is 6. The van der Waals surface area contributed by atoms with Crippen LogP contribution in [0.5, 0.6) is 0 Å². The van der Waals surface area contributed by atoms with E-state index in [2.05, 4.69) is 5.32 Å². The molecule has 1 saturated heterocycles. The van der Waals surface area contributed by atoms with Crippen LogP contribution in [0.3, 0.4) is 0 Å². The fraction of sp³-hybridized carbons (Fsp3) is 0.600. The molecule has 9 heteroatoms. The monoisotopic (exact) mass is 396 g/mol. The molecule has 24 heavy (non-hydrogen) atoms. The van der Waals surface area contributed by atoms with Crippen LogP contribution in [0.25, 0.3) is 0 Å². The van der Waals surface area contributed by atoms with Gasteiger partial charge in [0.1, 0.15) is 0 Å². The minimum atomic E-state index is -3.73. The Morgan fingerprint density at radius 2 is 1.92 bits per heavy atom. The maximum Gasteiger partial charge on any atom is 0.243 e. The van der Waals surface area contributed by atoms with Gasteiger partial charge in [-0.2, -0.15) is 4.31 Å². The molecular formula is C15H25ClN2O4S2. The minimum absolute atomic E-state index is 0. The zero-order valence-electron chi connectivity index (χ0n) is 14.1. The van der Waals surface area contributed by atoms with Crippen LogP contribution in [-0.2, 0) is 19.9 Å². The predicted molar refractivity (Wildman–Crippen MR) is 97.0 cm³/mol. The van der Waals surface area contributed by atoms with Crippen LogP contribution >= 0.6 is 12.4 Å². The highest BCUT2D eigenvalue weighted by molar-refractivity contribution is 7.91. The number of sulfonamides is 1. The Kier molecular flexibility index (Phi) is 7.25. The molecule has 1 fully saturated rings. The van der Waals surface area contributed by atoms with Crippen molar-refractivity contribution in [1.82, 2.24) is 9.62 Å². The lowest BCUT2D eigenvalue weighted by Crippen LogP contribution is -2.42. The summed E-state index contributed by atoms with van der Waals surface area (Å²) >= 11 is 0. The molecule has 0 radical (unpaired) electrons. The van der Waals surface area contributed by atoms with Gasteiger partial charge in [0, 0.05) is 25.4 Å². The second-order valence-electron chi connectivity index (χ2n) is 5.96. The third kappa shape index (κ3) is 4.49. The molecule has 2 rings (SSSR count). The number of nitrogens with zero attached hydrogens (tertiary/aromatic N) is 1. The quantitative estimate of drug-likeness (QED) is 0.789. The molecule has 6 nitrogen and oxygen atoms in total. The fourth-order valence-electron chi connectivity index (χ4n) is 2.82. The van der Waals surface area contributed by atoms with Gasteiger partial charge in [-0.05, 0) is 44.0 Å². The summed E-state index contributed by atoms with van der Waals surface area (Å²) in [6.07, 6.45) is 2.56. The summed E-state index contributed by atoms with van der Waals surface area (Å²) in [5.74, 6) is 0. The molecule has 1 aromatic carbocycles. The van der Waals surface area contributed by atoms with Crippen LogP contribution in [-0.4, -0.2) is 53.1 Å². The highest BCUT2D eigenvalue weighted by atomic mass is 35.5. The Bertz CT molecular complexity index is 773. The van der Waals surface area contributed by atoms with Gasteiger partial charge >= 0.3 is 0 Å². The average Bonchev–Trinajstić information content (AvgIpc) is 2.97. The first kappa shape index (κ1) is 21.4. The summed E-state index contributed by atoms with van der Waals surface area (Å²) in [5.41, 5.74) is 0.560. The van der Waals surface area contributed by atoms with Gasteiger partial charge in [-0.25, -0.2) is 16.8 Å². The average molecular weight is 397 g/mol. The van der Waals surface area contributed by atoms with E-state index in [4.69, 9.17) is 0 Å². The van der Waals surface area contributed by atoms with Gasteiger partial charge in [0.25, 0.3) is 0 Å². The molecule has 0 bridgehead atoms. The van der Waals surface area contributed by atoms with Crippen molar-refractivity contribution in [2.75, 3.05) is 25.9 Å². The van der Waals surface area contributed by atoms with E-state index in [1.807, 2.05) is 6.92 Å². The second kappa shape index (κ2) is 8.14. The summed E-state index contributed by atoms with van der Waals surface area (Å²) in [5, 5.41) is 3.18. The van der Waals surface area contributed by atoms with Crippen molar-refractivity contribution in [1.29, 1.82) is 0 Å². The first-order valence-corrected chi connectivity index (χ1v) is 11.0. The van der Waals surface area contributed by atoms with Crippen LogP contribution in [0.2, 0.25) is 0 Å². The van der Waals surface area contributed by atoms with Crippen LogP contribution < -0.4 is 5.32 Å². The van der Waals surface area contributed by atoms with Crippen molar-refractivity contribution in [3.05, 3.63) is 23.8 Å². The molecule has 1 atom stereocenters. The van der Waals surface area contributed by atoms with Crippen molar-refractivity contribution in [3.63, 3.8) is 0 Å². The van der Waals surface area contributed by atoms with Crippen LogP contribution in [0.4, 0.5) is 0 Å². The maximum atomic E-state index is 13.1. The predicted octanol–water partition coefficient (Wildman–Crippen LogP) is 1.58. The molecular weight excluding hydrogens is 372 g/mol. The number of aryl methyl sites for hydroxylation is 1. The number of halogens is 1. The summed E-state index contributed by atoms with van der Waals surface area (Å²) in [7, 11) is -7.19. The molecule has 0 aliphatic carbocycles. The Morgan fingerprint density at radius 1 is 1.25 bits per heavy atom. The Balaban J connectivity index is 0.00000288. The lowest BCUT2D eigenvalue weighted by Gasteiger charge is -2.28. The zero-order chi connectivity index (χ0) is 17.3. The van der Waals surface area contributed by atoms with Crippen LogP contribution in [0.1, 0.15) is 25.3 Å². The fourth-order valence-corrected chi connectivity index (χ4v) is 5.54. The molecule has 1 heterocycles. The van der Waals surface area contributed by atoms with E-state index in [0.29, 0.717) is 25.1 Å². The smallest absolute Gasteiger partial charge is 0.243 e. The number of sulfone groups is 1. The van der Waals surface area contributed by atoms with Crippen molar-refractivity contribution in [3.8, 4) is 0 Å². The van der Waals surface area contributed by atoms with Crippen molar-refractivity contribution in [2.45, 2.75) is 42.5 Å². The van der Waals surface area contributed by atoms with Crippen molar-refractivity contribution in [2.24, 2.45) is 0 Å². The highest BCUT2D eigenvalue weighted by Gasteiger charge is 2.33. The van der Waals surface area contributed by atoms with Gasteiger partial charge in [-0.15, -0.1) is 12.4 Å². The lowest BCUT2D eigenvalue weighted by molar-refractivity contribution is 0.335. The topological polar surface area (TPSA) is 83.6 Å². The summed E-state index contributed by atoms with van der Waals surface area (Å²) < 4.78 is 51.3. The second-order valence-corrected chi connectivity index (χ2v) is 9.84. The third-order valence-electron chi connectivity index (χ3n) is 4.06. The highest BCUT2D eigenvalue weighted by Crippen LogP contribution is 2.26. The molecule has 1 aliphatic heterocycles. The van der Waals surface area contributed by atoms with E-state index in [1.54, 1.807) is 13.0 Å². The van der Waals surface area contributed by atoms with E-state index in [1.165, 1.54) is 16.4 Å². The Labute approximate surface area is 151 Å². The summed E-state index contributed by atoms with van der Waals surface area (Å²) in [6.45, 7) is 5.48. The van der Waals surface area contributed by atoms with Crippen LogP contribution in [0.15, 0.2) is 28.0 Å². The molecule has 1 aliphatic rings. The van der Waals surface area contributed by atoms with Gasteiger partial charge in [0.05, 0.1) is 9.79 Å². The lowest BCUT2D eigenvalue weighted by atomic mass is 10.2. The molecule has 0 saturated carbocycles. The molecule has 0 aromatic heterocycles. The van der Waals surface area contributed by atoms with Gasteiger partial charge in [-0.3, -0.25) is 0 Å². The zero-order valence-corrected chi connectivity index (χ0v) is 16.6. The number of benzene rings is 1. The van der Waals surface area contributed by atoms with Gasteiger partial charge in [0.15, 0.2) is 9.84 Å². The standard InChI is InChI=1S/C15H24N2O4S2.ClH/c1-4-9-17(13-7-8-16-11-13)23(20,21)15-10-14(22(3,18)19)6-5-12(15)2;/h5-6,10,13,16H,4,7-9,11H2,1-3H3;1H. The van der Waals surface area contributed by atoms with Crippen molar-refractivity contribution >= 4 is 32.3 Å². The Morgan fingerprint density at radius 3 is 2.42 bits per heavy atom. The first-order valence-electron chi connectivity index (χ1n) is 7.71. The minimum Gasteiger partial charge on any atom is -0.315 e.